The zero-order valence-corrected chi connectivity index (χ0v) is 18.8. The van der Waals surface area contributed by atoms with Crippen LogP contribution in [0, 0.1) is 0 Å². The molecule has 4 rings (SSSR count). The molecule has 34 heavy (non-hydrogen) atoms. The van der Waals surface area contributed by atoms with E-state index < -0.39 is 0 Å². The van der Waals surface area contributed by atoms with E-state index in [0.717, 1.165) is 11.1 Å². The van der Waals surface area contributed by atoms with Crippen molar-refractivity contribution in [3.63, 3.8) is 0 Å². The third-order valence-electron chi connectivity index (χ3n) is 5.26. The number of phenols is 2. The molecule has 0 spiro atoms. The minimum atomic E-state index is 0.0192. The van der Waals surface area contributed by atoms with E-state index in [1.807, 2.05) is 60.7 Å². The second-order valence-electron chi connectivity index (χ2n) is 7.40. The van der Waals surface area contributed by atoms with Crippen LogP contribution < -0.4 is 9.47 Å². The van der Waals surface area contributed by atoms with E-state index in [1.165, 1.54) is 12.1 Å². The van der Waals surface area contributed by atoms with Crippen molar-refractivity contribution in [1.82, 2.24) is 0 Å². The molecule has 0 aliphatic heterocycles. The summed E-state index contributed by atoms with van der Waals surface area (Å²) in [4.78, 5) is 0. The summed E-state index contributed by atoms with van der Waals surface area (Å²) in [6, 6.07) is 29.0. The standard InChI is InChI=1S/C28H24N2O4/c1-33-21-13-15-23(25(31)17-21)27(19-9-5-3-6-10-19)29-30-28(20-11-7-4-8-12-20)24-16-14-22(34-2)18-26(24)32/h3-18,31-32H,1-2H3/b29-27-,30-28-. The molecule has 4 aromatic rings. The first-order valence-corrected chi connectivity index (χ1v) is 10.6. The average molecular weight is 453 g/mol. The smallest absolute Gasteiger partial charge is 0.128 e. The Morgan fingerprint density at radius 3 is 1.26 bits per heavy atom. The van der Waals surface area contributed by atoms with Gasteiger partial charge in [0.05, 0.1) is 14.2 Å². The van der Waals surface area contributed by atoms with Gasteiger partial charge in [-0.05, 0) is 24.3 Å². The molecule has 6 nitrogen and oxygen atoms in total. The number of aromatic hydroxyl groups is 2. The lowest BCUT2D eigenvalue weighted by Crippen LogP contribution is -2.07. The van der Waals surface area contributed by atoms with Crippen molar-refractivity contribution in [2.24, 2.45) is 10.2 Å². The number of hydrogen-bond donors (Lipinski definition) is 2. The van der Waals surface area contributed by atoms with E-state index in [0.29, 0.717) is 34.0 Å². The fraction of sp³-hybridized carbons (Fsp3) is 0.0714. The number of benzene rings is 4. The molecule has 0 saturated carbocycles. The largest absolute Gasteiger partial charge is 0.507 e. The number of hydrogen-bond acceptors (Lipinski definition) is 6. The van der Waals surface area contributed by atoms with E-state index in [1.54, 1.807) is 38.5 Å². The highest BCUT2D eigenvalue weighted by atomic mass is 16.5. The maximum Gasteiger partial charge on any atom is 0.128 e. The average Bonchev–Trinajstić information content (AvgIpc) is 2.88. The Bertz CT molecular complexity index is 1230. The zero-order chi connectivity index (χ0) is 23.9. The van der Waals surface area contributed by atoms with Crippen LogP contribution in [-0.4, -0.2) is 35.9 Å². The van der Waals surface area contributed by atoms with Crippen LogP contribution in [0.3, 0.4) is 0 Å². The number of phenolic OH excluding ortho intramolecular Hbond substituents is 2. The van der Waals surface area contributed by atoms with Gasteiger partial charge in [0.2, 0.25) is 0 Å². The highest BCUT2D eigenvalue weighted by molar-refractivity contribution is 6.17. The molecule has 0 amide bonds. The Morgan fingerprint density at radius 1 is 0.559 bits per heavy atom. The number of nitrogens with zero attached hydrogens (tertiary/aromatic N) is 2. The van der Waals surface area contributed by atoms with Crippen molar-refractivity contribution < 1.29 is 19.7 Å². The first-order chi connectivity index (χ1) is 16.6. The highest BCUT2D eigenvalue weighted by Crippen LogP contribution is 2.28. The number of methoxy groups -OCH3 is 2. The summed E-state index contributed by atoms with van der Waals surface area (Å²) in [5.41, 5.74) is 3.50. The van der Waals surface area contributed by atoms with Gasteiger partial charge >= 0.3 is 0 Å². The lowest BCUT2D eigenvalue weighted by Gasteiger charge is -2.12. The summed E-state index contributed by atoms with van der Waals surface area (Å²) in [6.45, 7) is 0. The molecule has 0 bridgehead atoms. The fourth-order valence-corrected chi connectivity index (χ4v) is 3.50. The van der Waals surface area contributed by atoms with E-state index in [9.17, 15) is 10.2 Å². The van der Waals surface area contributed by atoms with Crippen molar-refractivity contribution >= 4 is 11.4 Å². The molecule has 6 heteroatoms. The summed E-state index contributed by atoms with van der Waals surface area (Å²) in [6.07, 6.45) is 0. The molecule has 0 aliphatic rings. The summed E-state index contributed by atoms with van der Waals surface area (Å²) >= 11 is 0. The molecule has 2 N–H and O–H groups in total. The molecule has 4 aromatic carbocycles. The van der Waals surface area contributed by atoms with Gasteiger partial charge in [-0.3, -0.25) is 0 Å². The maximum atomic E-state index is 10.7. The first-order valence-electron chi connectivity index (χ1n) is 10.6. The number of ether oxygens (including phenoxy) is 2. The Morgan fingerprint density at radius 2 is 0.941 bits per heavy atom. The van der Waals surface area contributed by atoms with E-state index in [4.69, 9.17) is 9.47 Å². The summed E-state index contributed by atoms with van der Waals surface area (Å²) in [5, 5.41) is 30.5. The first kappa shape index (κ1) is 22.6. The molecular weight excluding hydrogens is 428 g/mol. The van der Waals surface area contributed by atoms with Crippen LogP contribution in [0.2, 0.25) is 0 Å². The zero-order valence-electron chi connectivity index (χ0n) is 18.8. The molecule has 0 heterocycles. The van der Waals surface area contributed by atoms with Gasteiger partial charge < -0.3 is 19.7 Å². The lowest BCUT2D eigenvalue weighted by atomic mass is 10.0. The van der Waals surface area contributed by atoms with Crippen LogP contribution in [0.25, 0.3) is 0 Å². The van der Waals surface area contributed by atoms with Crippen LogP contribution in [0.5, 0.6) is 23.0 Å². The van der Waals surface area contributed by atoms with Crippen molar-refractivity contribution in [2.75, 3.05) is 14.2 Å². The third kappa shape index (κ3) is 4.91. The topological polar surface area (TPSA) is 83.6 Å². The van der Waals surface area contributed by atoms with Gasteiger partial charge in [0.25, 0.3) is 0 Å². The summed E-state index contributed by atoms with van der Waals surface area (Å²) in [5.74, 6) is 1.10. The predicted octanol–water partition coefficient (Wildman–Crippen LogP) is 5.41. The Balaban J connectivity index is 1.92. The molecule has 0 saturated heterocycles. The molecule has 0 fully saturated rings. The van der Waals surface area contributed by atoms with Gasteiger partial charge in [0.1, 0.15) is 34.4 Å². The maximum absolute atomic E-state index is 10.7. The molecule has 0 aromatic heterocycles. The van der Waals surface area contributed by atoms with Crippen LogP contribution in [0.15, 0.2) is 107 Å². The fourth-order valence-electron chi connectivity index (χ4n) is 3.50. The lowest BCUT2D eigenvalue weighted by molar-refractivity contribution is 0.407. The van der Waals surface area contributed by atoms with E-state index in [2.05, 4.69) is 10.2 Å². The minimum Gasteiger partial charge on any atom is -0.507 e. The van der Waals surface area contributed by atoms with Crippen LogP contribution >= 0.6 is 0 Å². The van der Waals surface area contributed by atoms with Gasteiger partial charge in [-0.15, -0.1) is 10.2 Å². The predicted molar refractivity (Wildman–Crippen MR) is 133 cm³/mol. The second-order valence-corrected chi connectivity index (χ2v) is 7.40. The van der Waals surface area contributed by atoms with Crippen molar-refractivity contribution in [1.29, 1.82) is 0 Å². The van der Waals surface area contributed by atoms with E-state index >= 15 is 0 Å². The quantitative estimate of drug-likeness (QED) is 0.290. The summed E-state index contributed by atoms with van der Waals surface area (Å²) < 4.78 is 10.4. The van der Waals surface area contributed by atoms with Gasteiger partial charge in [0.15, 0.2) is 0 Å². The molecule has 0 aliphatic carbocycles. The Labute approximate surface area is 198 Å². The Hall–Kier alpha value is -4.58. The normalized spacial score (nSPS) is 11.8. The number of rotatable bonds is 7. The highest BCUT2D eigenvalue weighted by Gasteiger charge is 2.16. The second kappa shape index (κ2) is 10.4. The minimum absolute atomic E-state index is 0.0192. The van der Waals surface area contributed by atoms with E-state index in [-0.39, 0.29) is 11.5 Å². The molecule has 0 radical (unpaired) electrons. The van der Waals surface area contributed by atoms with Crippen LogP contribution in [0.4, 0.5) is 0 Å². The summed E-state index contributed by atoms with van der Waals surface area (Å²) in [7, 11) is 3.08. The molecule has 0 unspecified atom stereocenters. The van der Waals surface area contributed by atoms with Crippen molar-refractivity contribution in [3.05, 3.63) is 119 Å². The molecule has 0 atom stereocenters. The van der Waals surface area contributed by atoms with Crippen molar-refractivity contribution in [2.45, 2.75) is 0 Å². The molecular formula is C28H24N2O4. The SMILES string of the molecule is COc1ccc(/C(=N\N=C(\c2ccccc2)c2ccc(OC)cc2O)c2ccccc2)c(O)c1. The third-order valence-corrected chi connectivity index (χ3v) is 5.26. The monoisotopic (exact) mass is 452 g/mol. The van der Waals surface area contributed by atoms with Gasteiger partial charge in [0, 0.05) is 34.4 Å². The molecule has 170 valence electrons. The van der Waals surface area contributed by atoms with Gasteiger partial charge in [-0.2, -0.15) is 0 Å². The van der Waals surface area contributed by atoms with Gasteiger partial charge in [-0.1, -0.05) is 60.7 Å². The van der Waals surface area contributed by atoms with Crippen LogP contribution in [0.1, 0.15) is 22.3 Å². The van der Waals surface area contributed by atoms with Crippen LogP contribution in [-0.2, 0) is 0 Å². The van der Waals surface area contributed by atoms with Gasteiger partial charge in [-0.25, -0.2) is 0 Å². The van der Waals surface area contributed by atoms with Crippen molar-refractivity contribution in [3.8, 4) is 23.0 Å². The Kier molecular flexibility index (Phi) is 6.89.